The van der Waals surface area contributed by atoms with Crippen molar-refractivity contribution in [2.24, 2.45) is 5.16 Å². The van der Waals surface area contributed by atoms with Crippen molar-refractivity contribution in [3.8, 4) is 0 Å². The van der Waals surface area contributed by atoms with Crippen LogP contribution in [0, 0.1) is 0 Å². The molecule has 14 heteroatoms. The van der Waals surface area contributed by atoms with Crippen molar-refractivity contribution in [3.05, 3.63) is 22.8 Å². The summed E-state index contributed by atoms with van der Waals surface area (Å²) in [5.74, 6) is -1.93. The van der Waals surface area contributed by atoms with Crippen LogP contribution < -0.4 is 10.6 Å². The summed E-state index contributed by atoms with van der Waals surface area (Å²) >= 11 is 7.94. The second-order valence-electron chi connectivity index (χ2n) is 5.54. The van der Waals surface area contributed by atoms with Crippen molar-refractivity contribution in [3.63, 3.8) is 0 Å². The number of oxime groups is 1. The van der Waals surface area contributed by atoms with Gasteiger partial charge in [-0.25, -0.2) is 9.78 Å². The molecule has 0 saturated carbocycles. The molecule has 2 atom stereocenters. The predicted molar refractivity (Wildman–Crippen MR) is 106 cm³/mol. The van der Waals surface area contributed by atoms with E-state index in [0.717, 1.165) is 16.2 Å². The first-order valence-electron chi connectivity index (χ1n) is 8.09. The van der Waals surface area contributed by atoms with Crippen LogP contribution in [0.15, 0.2) is 22.3 Å². The lowest BCUT2D eigenvalue weighted by Gasteiger charge is -2.48. The summed E-state index contributed by atoms with van der Waals surface area (Å²) in [7, 11) is 0. The molecular weight excluding hydrogens is 446 g/mol. The largest absolute Gasteiger partial charge is 0.477 e. The van der Waals surface area contributed by atoms with Gasteiger partial charge in [-0.15, -0.1) is 34.7 Å². The number of anilines is 1. The Bertz CT molecular complexity index is 904. The minimum absolute atomic E-state index is 0.0449. The lowest BCUT2D eigenvalue weighted by molar-refractivity contribution is -0.150. The molecule has 3 heterocycles. The van der Waals surface area contributed by atoms with Crippen molar-refractivity contribution in [1.29, 1.82) is 0 Å². The van der Waals surface area contributed by atoms with Gasteiger partial charge in [0.25, 0.3) is 11.8 Å². The minimum Gasteiger partial charge on any atom is -0.477 e. The number of carbonyl (C=O) groups is 4. The molecule has 154 valence electrons. The molecule has 1 aromatic heterocycles. The number of aliphatic carboxylic acids is 1. The molecule has 2 aliphatic heterocycles. The predicted octanol–water partition coefficient (Wildman–Crippen LogP) is 0.0393. The summed E-state index contributed by atoms with van der Waals surface area (Å²) in [6, 6.07) is -0.917. The number of carboxylic acids is 1. The average molecular weight is 460 g/mol. The number of nitrogens with zero attached hydrogens (tertiary/aromatic N) is 3. The van der Waals surface area contributed by atoms with Crippen LogP contribution in [-0.4, -0.2) is 74.6 Å². The van der Waals surface area contributed by atoms with Crippen LogP contribution in [0.3, 0.4) is 0 Å². The number of aromatic nitrogens is 1. The number of thioether (sulfide) groups is 1. The fraction of sp³-hybridized carbons (Fsp3) is 0.333. The number of rotatable bonds is 9. The number of fused-ring (bicyclic) bond motifs is 1. The number of alkyl halides is 1. The fourth-order valence-corrected chi connectivity index (χ4v) is 4.51. The molecule has 3 rings (SSSR count). The number of halogens is 1. The van der Waals surface area contributed by atoms with E-state index < -0.39 is 29.2 Å². The van der Waals surface area contributed by atoms with Gasteiger partial charge >= 0.3 is 5.97 Å². The van der Waals surface area contributed by atoms with Crippen LogP contribution in [0.5, 0.6) is 0 Å². The van der Waals surface area contributed by atoms with E-state index in [1.54, 1.807) is 0 Å². The number of amides is 3. The van der Waals surface area contributed by atoms with Crippen molar-refractivity contribution < 1.29 is 29.1 Å². The summed E-state index contributed by atoms with van der Waals surface area (Å²) in [5.41, 5.74) is -0.170. The lowest BCUT2D eigenvalue weighted by atomic mass is 10.0. The zero-order valence-corrected chi connectivity index (χ0v) is 16.9. The van der Waals surface area contributed by atoms with E-state index in [0.29, 0.717) is 12.2 Å². The number of hydrogen-bond donors (Lipinski definition) is 3. The number of carbonyl (C=O) groups excluding carboxylic acids is 3. The summed E-state index contributed by atoms with van der Waals surface area (Å²) in [6.07, 6.45) is 1.89. The molecule has 1 aromatic rings. The van der Waals surface area contributed by atoms with Gasteiger partial charge in [-0.2, -0.15) is 0 Å². The van der Waals surface area contributed by atoms with Gasteiger partial charge in [0.15, 0.2) is 10.8 Å². The standard InChI is InChI=1S/C15H14ClN5O6S2/c16-2-3-27-20-9(7-5-29-15(18-7)17-6-22)11(23)19-10-12(24)21-8(14(25)26)1-4-28-13(10)21/h1,5-6,10,13H,2-4H2,(H,19,23)(H,25,26)(H,17,18,22)/t10?,13-/m1/s1. The second kappa shape index (κ2) is 9.24. The molecular formula is C15H14ClN5O6S2. The molecule has 1 fully saturated rings. The number of thiazole rings is 1. The summed E-state index contributed by atoms with van der Waals surface area (Å²) in [6.45, 7) is 0.0449. The highest BCUT2D eigenvalue weighted by atomic mass is 35.5. The maximum Gasteiger partial charge on any atom is 0.352 e. The van der Waals surface area contributed by atoms with Gasteiger partial charge in [0.2, 0.25) is 6.41 Å². The molecule has 0 bridgehead atoms. The van der Waals surface area contributed by atoms with Crippen molar-refractivity contribution >= 4 is 69.7 Å². The third-order valence-corrected chi connectivity index (χ3v) is 5.93. The summed E-state index contributed by atoms with van der Waals surface area (Å²) in [4.78, 5) is 57.2. The Morgan fingerprint density at radius 1 is 1.52 bits per heavy atom. The molecule has 0 aliphatic carbocycles. The average Bonchev–Trinajstić information content (AvgIpc) is 3.16. The molecule has 3 N–H and O–H groups in total. The van der Waals surface area contributed by atoms with Crippen LogP contribution in [0.2, 0.25) is 0 Å². The lowest BCUT2D eigenvalue weighted by Crippen LogP contribution is -2.70. The van der Waals surface area contributed by atoms with Crippen LogP contribution in [0.4, 0.5) is 5.13 Å². The second-order valence-corrected chi connectivity index (χ2v) is 7.93. The van der Waals surface area contributed by atoms with Gasteiger partial charge in [0, 0.05) is 11.1 Å². The minimum atomic E-state index is -1.21. The van der Waals surface area contributed by atoms with E-state index in [1.807, 2.05) is 0 Å². The van der Waals surface area contributed by atoms with Crippen LogP contribution in [-0.2, 0) is 24.0 Å². The van der Waals surface area contributed by atoms with E-state index in [-0.39, 0.29) is 34.7 Å². The SMILES string of the molecule is O=CNc1nc(C(=NOCCCl)C(=O)NC2C(=O)N3C(C(=O)O)=CCS[C@H]23)cs1. The Kier molecular flexibility index (Phi) is 6.71. The Labute approximate surface area is 177 Å². The first-order chi connectivity index (χ1) is 14.0. The van der Waals surface area contributed by atoms with Gasteiger partial charge in [-0.1, -0.05) is 5.16 Å². The fourth-order valence-electron chi connectivity index (χ4n) is 2.60. The van der Waals surface area contributed by atoms with Gasteiger partial charge in [0.05, 0.1) is 5.88 Å². The normalized spacial score (nSPS) is 20.9. The van der Waals surface area contributed by atoms with Crippen molar-refractivity contribution in [1.82, 2.24) is 15.2 Å². The monoisotopic (exact) mass is 459 g/mol. The van der Waals surface area contributed by atoms with E-state index in [1.165, 1.54) is 23.2 Å². The molecule has 0 aromatic carbocycles. The van der Waals surface area contributed by atoms with Gasteiger partial charge in [-0.3, -0.25) is 19.3 Å². The summed E-state index contributed by atoms with van der Waals surface area (Å²) < 4.78 is 0. The highest BCUT2D eigenvalue weighted by Crippen LogP contribution is 2.37. The van der Waals surface area contributed by atoms with Crippen LogP contribution in [0.25, 0.3) is 0 Å². The van der Waals surface area contributed by atoms with E-state index in [4.69, 9.17) is 16.4 Å². The summed E-state index contributed by atoms with van der Waals surface area (Å²) in [5, 5.41) is 19.1. The molecule has 2 aliphatic rings. The zero-order valence-electron chi connectivity index (χ0n) is 14.5. The first kappa shape index (κ1) is 21.1. The quantitative estimate of drug-likeness (QED) is 0.117. The van der Waals surface area contributed by atoms with E-state index >= 15 is 0 Å². The van der Waals surface area contributed by atoms with Crippen LogP contribution in [0.1, 0.15) is 5.69 Å². The maximum atomic E-state index is 12.8. The highest BCUT2D eigenvalue weighted by Gasteiger charge is 2.53. The molecule has 0 radical (unpaired) electrons. The Morgan fingerprint density at radius 2 is 2.31 bits per heavy atom. The zero-order chi connectivity index (χ0) is 21.0. The smallest absolute Gasteiger partial charge is 0.352 e. The number of carboxylic acid groups (broad SMARTS) is 1. The molecule has 1 saturated heterocycles. The first-order valence-corrected chi connectivity index (χ1v) is 10.5. The van der Waals surface area contributed by atoms with Crippen molar-refractivity contribution in [2.75, 3.05) is 23.6 Å². The van der Waals surface area contributed by atoms with Gasteiger partial charge in [0.1, 0.15) is 29.4 Å². The van der Waals surface area contributed by atoms with E-state index in [9.17, 15) is 24.3 Å². The Hall–Kier alpha value is -2.64. The van der Waals surface area contributed by atoms with Gasteiger partial charge in [-0.05, 0) is 6.08 Å². The Balaban J connectivity index is 1.76. The van der Waals surface area contributed by atoms with Crippen LogP contribution >= 0.6 is 34.7 Å². The molecule has 29 heavy (non-hydrogen) atoms. The molecule has 3 amide bonds. The maximum absolute atomic E-state index is 12.8. The van der Waals surface area contributed by atoms with Crippen molar-refractivity contribution in [2.45, 2.75) is 11.4 Å². The molecule has 1 unspecified atom stereocenters. The molecule has 0 spiro atoms. The topological polar surface area (TPSA) is 150 Å². The number of β-lactam (4-membered cyclic amide) rings is 1. The highest BCUT2D eigenvalue weighted by molar-refractivity contribution is 8.00. The third kappa shape index (κ3) is 4.36. The Morgan fingerprint density at radius 3 is 3.00 bits per heavy atom. The number of hydrogen-bond acceptors (Lipinski definition) is 9. The third-order valence-electron chi connectivity index (χ3n) is 3.82. The van der Waals surface area contributed by atoms with Gasteiger partial charge < -0.3 is 20.6 Å². The number of nitrogens with one attached hydrogen (secondary N) is 2. The molecule has 11 nitrogen and oxygen atoms in total. The van der Waals surface area contributed by atoms with E-state index in [2.05, 4.69) is 20.8 Å².